The van der Waals surface area contributed by atoms with E-state index in [-0.39, 0.29) is 12.3 Å². The van der Waals surface area contributed by atoms with Crippen LogP contribution in [0.15, 0.2) is 80.9 Å². The molecule has 0 aliphatic heterocycles. The Morgan fingerprint density at radius 3 is 2.71 bits per heavy atom. The third-order valence-electron chi connectivity index (χ3n) is 5.23. The first kappa shape index (κ1) is 20.5. The van der Waals surface area contributed by atoms with E-state index in [1.807, 2.05) is 23.6 Å². The van der Waals surface area contributed by atoms with Gasteiger partial charge in [0, 0.05) is 21.3 Å². The molecule has 1 N–H and O–H groups in total. The summed E-state index contributed by atoms with van der Waals surface area (Å²) in [5.41, 5.74) is 8.08. The first-order valence-corrected chi connectivity index (χ1v) is 12.6. The van der Waals surface area contributed by atoms with Crippen LogP contribution in [0.3, 0.4) is 0 Å². The number of nitrogens with one attached hydrogen (secondary N) is 1. The molecular formula is C25H19BrN2OS2. The lowest BCUT2D eigenvalue weighted by atomic mass is 10.1. The monoisotopic (exact) mass is 506 g/mol. The highest BCUT2D eigenvalue weighted by molar-refractivity contribution is 9.10. The molecule has 0 spiro atoms. The molecule has 0 unspecified atom stereocenters. The number of hydrogen-bond donors (Lipinski definition) is 1. The van der Waals surface area contributed by atoms with E-state index in [2.05, 4.69) is 74.8 Å². The van der Waals surface area contributed by atoms with Crippen LogP contribution in [0.1, 0.15) is 22.4 Å². The van der Waals surface area contributed by atoms with E-state index in [1.54, 1.807) is 23.1 Å². The van der Waals surface area contributed by atoms with Gasteiger partial charge in [-0.25, -0.2) is 4.98 Å². The Bertz CT molecular complexity index is 1250. The Morgan fingerprint density at radius 1 is 1.03 bits per heavy atom. The van der Waals surface area contributed by atoms with Gasteiger partial charge in [-0.15, -0.1) is 11.3 Å². The zero-order valence-corrected chi connectivity index (χ0v) is 19.8. The van der Waals surface area contributed by atoms with E-state index in [9.17, 15) is 4.79 Å². The molecule has 3 nitrogen and oxygen atoms in total. The van der Waals surface area contributed by atoms with E-state index in [0.29, 0.717) is 0 Å². The van der Waals surface area contributed by atoms with Crippen LogP contribution in [0.2, 0.25) is 0 Å². The number of aromatic nitrogens is 1. The highest BCUT2D eigenvalue weighted by Gasteiger charge is 2.18. The smallest absolute Gasteiger partial charge is 0.230 e. The molecule has 0 atom stereocenters. The van der Waals surface area contributed by atoms with Gasteiger partial charge in [0.25, 0.3) is 0 Å². The van der Waals surface area contributed by atoms with E-state index in [1.165, 1.54) is 27.8 Å². The van der Waals surface area contributed by atoms with Gasteiger partial charge in [0.05, 0.1) is 12.1 Å². The van der Waals surface area contributed by atoms with Crippen molar-refractivity contribution in [3.63, 3.8) is 0 Å². The molecule has 0 saturated heterocycles. The molecular weight excluding hydrogens is 488 g/mol. The molecule has 154 valence electrons. The quantitative estimate of drug-likeness (QED) is 0.253. The van der Waals surface area contributed by atoms with Crippen LogP contribution in [-0.2, 0) is 23.4 Å². The molecule has 0 fully saturated rings. The third-order valence-corrected chi connectivity index (χ3v) is 7.90. The molecule has 31 heavy (non-hydrogen) atoms. The summed E-state index contributed by atoms with van der Waals surface area (Å²) >= 11 is 6.75. The summed E-state index contributed by atoms with van der Waals surface area (Å²) < 4.78 is 2.07. The first-order chi connectivity index (χ1) is 15.1. The number of thioether (sulfide) groups is 1. The van der Waals surface area contributed by atoms with Crippen molar-refractivity contribution < 1.29 is 4.79 Å². The number of nitrogens with zero attached hydrogens (tertiary/aromatic N) is 1. The van der Waals surface area contributed by atoms with Crippen molar-refractivity contribution in [2.24, 2.45) is 0 Å². The molecule has 1 aliphatic rings. The highest BCUT2D eigenvalue weighted by Crippen LogP contribution is 2.37. The normalized spacial score (nSPS) is 11.8. The molecule has 1 aromatic heterocycles. The second-order valence-electron chi connectivity index (χ2n) is 7.45. The number of carbonyl (C=O) groups is 1. The van der Waals surface area contributed by atoms with Crippen molar-refractivity contribution in [2.75, 3.05) is 5.32 Å². The highest BCUT2D eigenvalue weighted by atomic mass is 79.9. The minimum Gasteiger partial charge on any atom is -0.326 e. The van der Waals surface area contributed by atoms with Gasteiger partial charge in [-0.2, -0.15) is 0 Å². The summed E-state index contributed by atoms with van der Waals surface area (Å²) in [6.07, 6.45) is 1.20. The van der Waals surface area contributed by atoms with Gasteiger partial charge in [0.15, 0.2) is 0 Å². The Morgan fingerprint density at radius 2 is 1.84 bits per heavy atom. The topological polar surface area (TPSA) is 42.0 Å². The second-order valence-corrected chi connectivity index (χ2v) is 10.4. The number of fused-ring (bicyclic) bond motifs is 3. The van der Waals surface area contributed by atoms with Crippen LogP contribution >= 0.6 is 39.0 Å². The minimum absolute atomic E-state index is 0.0368. The predicted molar refractivity (Wildman–Crippen MR) is 133 cm³/mol. The molecule has 3 aromatic carbocycles. The number of amides is 1. The number of anilines is 1. The van der Waals surface area contributed by atoms with E-state index >= 15 is 0 Å². The van der Waals surface area contributed by atoms with E-state index in [0.717, 1.165) is 32.4 Å². The Labute approximate surface area is 198 Å². The fraction of sp³-hybridized carbons (Fsp3) is 0.120. The lowest BCUT2D eigenvalue weighted by molar-refractivity contribution is -0.115. The van der Waals surface area contributed by atoms with Crippen molar-refractivity contribution in [1.82, 2.24) is 4.98 Å². The van der Waals surface area contributed by atoms with Crippen LogP contribution in [0.5, 0.6) is 0 Å². The van der Waals surface area contributed by atoms with E-state index < -0.39 is 0 Å². The largest absolute Gasteiger partial charge is 0.326 e. The molecule has 6 heteroatoms. The van der Waals surface area contributed by atoms with Crippen molar-refractivity contribution in [3.8, 4) is 11.1 Å². The van der Waals surface area contributed by atoms with E-state index in [4.69, 9.17) is 0 Å². The molecule has 5 rings (SSSR count). The minimum atomic E-state index is -0.0368. The number of thiazole rings is 1. The molecule has 0 bridgehead atoms. The van der Waals surface area contributed by atoms with Gasteiger partial charge in [-0.05, 0) is 58.5 Å². The average molecular weight is 507 g/mol. The van der Waals surface area contributed by atoms with Gasteiger partial charge >= 0.3 is 0 Å². The van der Waals surface area contributed by atoms with Gasteiger partial charge in [0.1, 0.15) is 4.34 Å². The maximum absolute atomic E-state index is 12.6. The molecule has 0 radical (unpaired) electrons. The number of carbonyl (C=O) groups excluding carboxylic acids is 1. The molecule has 4 aromatic rings. The Kier molecular flexibility index (Phi) is 5.94. The summed E-state index contributed by atoms with van der Waals surface area (Å²) in [6.45, 7) is 0. The number of hydrogen-bond acceptors (Lipinski definition) is 4. The number of rotatable bonds is 6. The Hall–Kier alpha value is -2.41. The molecule has 0 saturated carbocycles. The number of halogens is 1. The molecule has 1 amide bonds. The first-order valence-electron chi connectivity index (χ1n) is 9.97. The fourth-order valence-corrected chi connectivity index (χ4v) is 5.82. The summed E-state index contributed by atoms with van der Waals surface area (Å²) in [5.74, 6) is 0.828. The summed E-state index contributed by atoms with van der Waals surface area (Å²) in [6, 6.07) is 23.0. The molecule has 1 heterocycles. The maximum atomic E-state index is 12.6. The average Bonchev–Trinajstić information content (AvgIpc) is 3.36. The third kappa shape index (κ3) is 4.76. The van der Waals surface area contributed by atoms with Crippen LogP contribution in [0.25, 0.3) is 11.1 Å². The Balaban J connectivity index is 1.18. The van der Waals surface area contributed by atoms with Crippen molar-refractivity contribution in [2.45, 2.75) is 22.9 Å². The van der Waals surface area contributed by atoms with Gasteiger partial charge in [-0.1, -0.05) is 70.2 Å². The molecule has 1 aliphatic carbocycles. The van der Waals surface area contributed by atoms with Crippen LogP contribution in [0.4, 0.5) is 5.69 Å². The predicted octanol–water partition coefficient (Wildman–Crippen LogP) is 6.95. The number of benzene rings is 3. The van der Waals surface area contributed by atoms with Gasteiger partial charge < -0.3 is 5.32 Å². The zero-order chi connectivity index (χ0) is 21.2. The van der Waals surface area contributed by atoms with Crippen molar-refractivity contribution in [1.29, 1.82) is 0 Å². The maximum Gasteiger partial charge on any atom is 0.230 e. The van der Waals surface area contributed by atoms with Crippen LogP contribution < -0.4 is 5.32 Å². The lowest BCUT2D eigenvalue weighted by Crippen LogP contribution is -2.14. The van der Waals surface area contributed by atoms with Gasteiger partial charge in [0.2, 0.25) is 5.91 Å². The van der Waals surface area contributed by atoms with Gasteiger partial charge in [-0.3, -0.25) is 4.79 Å². The summed E-state index contributed by atoms with van der Waals surface area (Å²) in [5, 5.41) is 5.01. The van der Waals surface area contributed by atoms with Crippen LogP contribution in [0, 0.1) is 0 Å². The summed E-state index contributed by atoms with van der Waals surface area (Å²) in [4.78, 5) is 17.2. The summed E-state index contributed by atoms with van der Waals surface area (Å²) in [7, 11) is 0. The lowest BCUT2D eigenvalue weighted by Gasteiger charge is -2.07. The standard InChI is InChI=1S/C25H19BrN2OS2/c26-19-7-5-16(6-8-19)14-30-25-28-21(15-31-25)13-24(29)27-20-9-10-23-18(12-20)11-17-3-1-2-4-22(17)23/h1-10,12,15H,11,13-14H2,(H,27,29). The van der Waals surface area contributed by atoms with Crippen LogP contribution in [-0.4, -0.2) is 10.9 Å². The zero-order valence-electron chi connectivity index (χ0n) is 16.6. The van der Waals surface area contributed by atoms with Crippen molar-refractivity contribution >= 4 is 50.6 Å². The second kappa shape index (κ2) is 8.99. The van der Waals surface area contributed by atoms with Crippen molar-refractivity contribution in [3.05, 3.63) is 99.0 Å². The SMILES string of the molecule is O=C(Cc1csc(SCc2ccc(Br)cc2)n1)Nc1ccc2c(c1)Cc1ccccc1-2. The fourth-order valence-electron chi connectivity index (χ4n) is 3.75.